The van der Waals surface area contributed by atoms with Crippen LogP contribution in [0.15, 0.2) is 81.1 Å². The number of hydrogen-bond acceptors (Lipinski definition) is 5. The summed E-state index contributed by atoms with van der Waals surface area (Å²) >= 11 is 0. The predicted molar refractivity (Wildman–Crippen MR) is 106 cm³/mol. The van der Waals surface area contributed by atoms with E-state index < -0.39 is 25.1 Å². The molecule has 0 saturated carbocycles. The van der Waals surface area contributed by atoms with Crippen molar-refractivity contribution < 1.29 is 21.3 Å². The zero-order valence-electron chi connectivity index (χ0n) is 15.5. The van der Waals surface area contributed by atoms with Crippen molar-refractivity contribution in [2.45, 2.75) is 28.9 Å². The summed E-state index contributed by atoms with van der Waals surface area (Å²) in [4.78, 5) is 0.188. The Kier molecular flexibility index (Phi) is 5.74. The van der Waals surface area contributed by atoms with Crippen LogP contribution < -0.4 is 4.72 Å². The molecule has 0 bridgehead atoms. The van der Waals surface area contributed by atoms with Crippen LogP contribution in [0.2, 0.25) is 0 Å². The Labute approximate surface area is 165 Å². The molecule has 0 aliphatic rings. The van der Waals surface area contributed by atoms with Crippen molar-refractivity contribution >= 4 is 19.9 Å². The van der Waals surface area contributed by atoms with E-state index in [1.807, 2.05) is 13.8 Å². The molecule has 8 heteroatoms. The second kappa shape index (κ2) is 7.90. The number of sulfonamides is 1. The van der Waals surface area contributed by atoms with Crippen LogP contribution in [0.5, 0.6) is 0 Å². The molecule has 0 radical (unpaired) electrons. The van der Waals surface area contributed by atoms with Gasteiger partial charge in [-0.05, 0) is 61.4 Å². The quantitative estimate of drug-likeness (QED) is 0.634. The molecule has 6 nitrogen and oxygen atoms in total. The van der Waals surface area contributed by atoms with E-state index in [4.69, 9.17) is 4.42 Å². The summed E-state index contributed by atoms with van der Waals surface area (Å²) in [6.45, 7) is 3.37. The van der Waals surface area contributed by atoms with Crippen molar-refractivity contribution in [1.82, 2.24) is 4.72 Å². The van der Waals surface area contributed by atoms with Crippen LogP contribution >= 0.6 is 0 Å². The topological polar surface area (TPSA) is 93.5 Å². The minimum Gasteiger partial charge on any atom is -0.468 e. The Bertz CT molecular complexity index is 1150. The molecular formula is C20H21NO5S2. The Morgan fingerprint density at radius 2 is 1.57 bits per heavy atom. The number of nitrogens with one attached hydrogen (secondary N) is 1. The van der Waals surface area contributed by atoms with E-state index in [1.165, 1.54) is 30.5 Å². The van der Waals surface area contributed by atoms with Gasteiger partial charge in [-0.2, -0.15) is 0 Å². The third-order valence-corrected chi connectivity index (χ3v) is 8.05. The van der Waals surface area contributed by atoms with Gasteiger partial charge in [0.05, 0.1) is 16.1 Å². The highest BCUT2D eigenvalue weighted by atomic mass is 32.2. The van der Waals surface area contributed by atoms with Gasteiger partial charge in [-0.25, -0.2) is 21.6 Å². The molecule has 28 heavy (non-hydrogen) atoms. The largest absolute Gasteiger partial charge is 0.468 e. The molecule has 1 heterocycles. The van der Waals surface area contributed by atoms with E-state index in [-0.39, 0.29) is 22.1 Å². The first-order chi connectivity index (χ1) is 13.2. The SMILES string of the molecule is Cc1ccc(S(=O)(=O)[C@@H](CNS(=O)(=O)c2ccccc2)c2ccco2)cc1C. The minimum atomic E-state index is -3.89. The maximum Gasteiger partial charge on any atom is 0.240 e. The van der Waals surface area contributed by atoms with Crippen LogP contribution in [-0.2, 0) is 19.9 Å². The molecule has 0 spiro atoms. The molecule has 0 fully saturated rings. The van der Waals surface area contributed by atoms with Crippen LogP contribution in [0, 0.1) is 13.8 Å². The van der Waals surface area contributed by atoms with Crippen molar-refractivity contribution in [3.05, 3.63) is 83.8 Å². The van der Waals surface area contributed by atoms with Crippen LogP contribution in [0.1, 0.15) is 22.1 Å². The second-order valence-electron chi connectivity index (χ2n) is 6.46. The molecule has 0 saturated heterocycles. The molecule has 3 rings (SSSR count). The molecular weight excluding hydrogens is 398 g/mol. The number of aryl methyl sites for hydroxylation is 2. The van der Waals surface area contributed by atoms with Crippen molar-refractivity contribution in [2.75, 3.05) is 6.54 Å². The van der Waals surface area contributed by atoms with Gasteiger partial charge >= 0.3 is 0 Å². The van der Waals surface area contributed by atoms with Gasteiger partial charge in [0.2, 0.25) is 10.0 Å². The van der Waals surface area contributed by atoms with Gasteiger partial charge in [0, 0.05) is 6.54 Å². The summed E-state index contributed by atoms with van der Waals surface area (Å²) in [6.07, 6.45) is 1.37. The van der Waals surface area contributed by atoms with E-state index in [9.17, 15) is 16.8 Å². The van der Waals surface area contributed by atoms with Gasteiger partial charge in [-0.15, -0.1) is 0 Å². The average molecular weight is 420 g/mol. The first-order valence-corrected chi connectivity index (χ1v) is 11.6. The summed E-state index contributed by atoms with van der Waals surface area (Å²) in [5.74, 6) is 0.175. The molecule has 0 aliphatic heterocycles. The summed E-state index contributed by atoms with van der Waals surface area (Å²) < 4.78 is 59.3. The minimum absolute atomic E-state index is 0.0665. The van der Waals surface area contributed by atoms with Crippen molar-refractivity contribution in [2.24, 2.45) is 0 Å². The maximum absolute atomic E-state index is 13.3. The van der Waals surface area contributed by atoms with Gasteiger partial charge in [0.25, 0.3) is 0 Å². The lowest BCUT2D eigenvalue weighted by Crippen LogP contribution is -2.31. The normalized spacial score (nSPS) is 13.4. The average Bonchev–Trinajstić information content (AvgIpc) is 3.18. The van der Waals surface area contributed by atoms with Crippen LogP contribution in [-0.4, -0.2) is 23.4 Å². The Morgan fingerprint density at radius 1 is 0.857 bits per heavy atom. The summed E-state index contributed by atoms with van der Waals surface area (Å²) in [5, 5.41) is -1.19. The van der Waals surface area contributed by atoms with Gasteiger partial charge < -0.3 is 4.42 Å². The molecule has 148 valence electrons. The molecule has 0 amide bonds. The van der Waals surface area contributed by atoms with Crippen LogP contribution in [0.3, 0.4) is 0 Å². The highest BCUT2D eigenvalue weighted by Crippen LogP contribution is 2.30. The Hall–Kier alpha value is -2.42. The van der Waals surface area contributed by atoms with E-state index >= 15 is 0 Å². The van der Waals surface area contributed by atoms with E-state index in [1.54, 1.807) is 36.4 Å². The molecule has 0 aliphatic carbocycles. The predicted octanol–water partition coefficient (Wildman–Crippen LogP) is 3.39. The zero-order chi connectivity index (χ0) is 20.4. The molecule has 0 unspecified atom stereocenters. The first kappa shape index (κ1) is 20.3. The number of furan rings is 1. The lowest BCUT2D eigenvalue weighted by molar-refractivity contribution is 0.486. The maximum atomic E-state index is 13.3. The van der Waals surface area contributed by atoms with Crippen LogP contribution in [0.4, 0.5) is 0 Å². The van der Waals surface area contributed by atoms with Gasteiger partial charge in [-0.3, -0.25) is 0 Å². The van der Waals surface area contributed by atoms with Gasteiger partial charge in [0.1, 0.15) is 11.0 Å². The monoisotopic (exact) mass is 419 g/mol. The Balaban J connectivity index is 1.95. The fraction of sp³-hybridized carbons (Fsp3) is 0.200. The molecule has 1 N–H and O–H groups in total. The number of hydrogen-bond donors (Lipinski definition) is 1. The van der Waals surface area contributed by atoms with Crippen molar-refractivity contribution in [3.63, 3.8) is 0 Å². The van der Waals surface area contributed by atoms with Crippen molar-refractivity contribution in [1.29, 1.82) is 0 Å². The van der Waals surface area contributed by atoms with E-state index in [0.29, 0.717) is 0 Å². The molecule has 2 aromatic carbocycles. The lowest BCUT2D eigenvalue weighted by Gasteiger charge is -2.17. The first-order valence-electron chi connectivity index (χ1n) is 8.61. The third kappa shape index (κ3) is 4.19. The number of rotatable bonds is 7. The van der Waals surface area contributed by atoms with Gasteiger partial charge in [-0.1, -0.05) is 24.3 Å². The Morgan fingerprint density at radius 3 is 2.18 bits per heavy atom. The molecule has 1 atom stereocenters. The third-order valence-electron chi connectivity index (χ3n) is 4.55. The summed E-state index contributed by atoms with van der Waals surface area (Å²) in [7, 11) is -7.75. The van der Waals surface area contributed by atoms with E-state index in [0.717, 1.165) is 11.1 Å². The smallest absolute Gasteiger partial charge is 0.240 e. The summed E-state index contributed by atoms with van der Waals surface area (Å²) in [5.41, 5.74) is 1.81. The highest BCUT2D eigenvalue weighted by Gasteiger charge is 2.33. The number of benzene rings is 2. The number of sulfone groups is 1. The fourth-order valence-corrected chi connectivity index (χ4v) is 5.60. The zero-order valence-corrected chi connectivity index (χ0v) is 17.1. The molecule has 1 aromatic heterocycles. The fourth-order valence-electron chi connectivity index (χ4n) is 2.76. The van der Waals surface area contributed by atoms with E-state index in [2.05, 4.69) is 4.72 Å². The second-order valence-corrected chi connectivity index (χ2v) is 10.4. The van der Waals surface area contributed by atoms with Crippen LogP contribution in [0.25, 0.3) is 0 Å². The highest BCUT2D eigenvalue weighted by molar-refractivity contribution is 7.92. The van der Waals surface area contributed by atoms with Crippen molar-refractivity contribution in [3.8, 4) is 0 Å². The summed E-state index contributed by atoms with van der Waals surface area (Å²) in [6, 6.07) is 15.7. The standard InChI is InChI=1S/C20H21NO5S2/c1-15-10-11-18(13-16(15)2)27(22,23)20(19-9-6-12-26-19)14-21-28(24,25)17-7-4-3-5-8-17/h3-13,20-21H,14H2,1-2H3/t20-/m0/s1. The molecule has 3 aromatic rings. The lowest BCUT2D eigenvalue weighted by atomic mass is 10.1. The van der Waals surface area contributed by atoms with Gasteiger partial charge in [0.15, 0.2) is 9.84 Å².